The molecule has 0 spiro atoms. The van der Waals surface area contributed by atoms with Gasteiger partial charge < -0.3 is 15.4 Å². The number of rotatable bonds is 12. The summed E-state index contributed by atoms with van der Waals surface area (Å²) in [5.41, 5.74) is 1.21. The molecule has 2 aliphatic rings. The first-order chi connectivity index (χ1) is 23.9. The lowest BCUT2D eigenvalue weighted by atomic mass is 10.0. The van der Waals surface area contributed by atoms with E-state index >= 15 is 0 Å². The second kappa shape index (κ2) is 16.4. The third kappa shape index (κ3) is 8.52. The van der Waals surface area contributed by atoms with Crippen molar-refractivity contribution < 1.29 is 31.7 Å². The zero-order valence-corrected chi connectivity index (χ0v) is 30.2. The summed E-state index contributed by atoms with van der Waals surface area (Å²) in [6, 6.07) is 11.5. The highest BCUT2D eigenvalue weighted by molar-refractivity contribution is 7.89. The summed E-state index contributed by atoms with van der Waals surface area (Å²) < 4.78 is 47.8. The van der Waals surface area contributed by atoms with Crippen LogP contribution in [-0.4, -0.2) is 75.4 Å². The molecule has 12 nitrogen and oxygen atoms in total. The molecule has 4 atom stereocenters. The lowest BCUT2D eigenvalue weighted by Crippen LogP contribution is -2.51. The number of halogens is 2. The average molecular weight is 761 g/mol. The molecule has 2 aromatic carbocycles. The third-order valence-corrected chi connectivity index (χ3v) is 13.2. The van der Waals surface area contributed by atoms with Gasteiger partial charge in [0.1, 0.15) is 12.1 Å². The summed E-state index contributed by atoms with van der Waals surface area (Å²) in [6.07, 6.45) is 6.03. The van der Waals surface area contributed by atoms with Crippen LogP contribution in [0.25, 0.3) is 0 Å². The highest BCUT2D eigenvalue weighted by Gasteiger charge is 2.47. The minimum absolute atomic E-state index is 0.00155. The number of carbonyl (C=O) groups excluding carboxylic acids is 3. The molecule has 1 unspecified atom stereocenters. The van der Waals surface area contributed by atoms with Crippen LogP contribution in [-0.2, 0) is 41.6 Å². The van der Waals surface area contributed by atoms with Gasteiger partial charge in [-0.25, -0.2) is 13.2 Å². The molecule has 3 aromatic rings. The maximum atomic E-state index is 14.0. The molecule has 1 aliphatic heterocycles. The number of carbonyl (C=O) groups is 3. The van der Waals surface area contributed by atoms with E-state index in [-0.39, 0.29) is 57.3 Å². The van der Waals surface area contributed by atoms with E-state index in [4.69, 9.17) is 27.9 Å². The summed E-state index contributed by atoms with van der Waals surface area (Å²) >= 11 is 12.2. The molecule has 5 rings (SSSR count). The zero-order chi connectivity index (χ0) is 36.0. The van der Waals surface area contributed by atoms with Gasteiger partial charge >= 0.3 is 5.97 Å². The van der Waals surface area contributed by atoms with Crippen molar-refractivity contribution in [1.29, 1.82) is 5.26 Å². The predicted molar refractivity (Wildman–Crippen MR) is 189 cm³/mol. The number of benzene rings is 2. The first-order valence-corrected chi connectivity index (χ1v) is 19.5. The Morgan fingerprint density at radius 1 is 1.08 bits per heavy atom. The van der Waals surface area contributed by atoms with E-state index in [1.54, 1.807) is 31.2 Å². The second-order valence-corrected chi connectivity index (χ2v) is 16.7. The SMILES string of the molecule is CCOC(=O)[C@H](Cc1ccc(NC(=O)c2c(Cl)cncc2Cl)cc1)NC(=O)[C@@H]1C[C@H](S(=O)C2CCCC2)CN1S(=O)(=O)c1cccc(C#N)c1. The number of pyridine rings is 1. The van der Waals surface area contributed by atoms with Crippen molar-refractivity contribution in [1.82, 2.24) is 14.6 Å². The largest absolute Gasteiger partial charge is 0.464 e. The molecule has 2 heterocycles. The van der Waals surface area contributed by atoms with Gasteiger partial charge in [0.2, 0.25) is 15.9 Å². The molecule has 16 heteroatoms. The lowest BCUT2D eigenvalue weighted by Gasteiger charge is -2.25. The quantitative estimate of drug-likeness (QED) is 0.250. The van der Waals surface area contributed by atoms with Crippen LogP contribution in [0, 0.1) is 11.3 Å². The summed E-state index contributed by atoms with van der Waals surface area (Å²) in [4.78, 5) is 43.6. The molecule has 1 saturated heterocycles. The number of nitrogens with one attached hydrogen (secondary N) is 2. The van der Waals surface area contributed by atoms with Crippen LogP contribution in [0.3, 0.4) is 0 Å². The van der Waals surface area contributed by atoms with E-state index in [0.717, 1.165) is 30.0 Å². The molecule has 0 bridgehead atoms. The topological polar surface area (TPSA) is 176 Å². The van der Waals surface area contributed by atoms with Gasteiger partial charge in [-0.05, 0) is 62.1 Å². The van der Waals surface area contributed by atoms with Crippen molar-refractivity contribution in [2.45, 2.75) is 72.9 Å². The fourth-order valence-electron chi connectivity index (χ4n) is 6.18. The first kappa shape index (κ1) is 37.4. The molecule has 2 fully saturated rings. The number of hydrogen-bond acceptors (Lipinski definition) is 9. The van der Waals surface area contributed by atoms with Crippen molar-refractivity contribution in [3.05, 3.63) is 87.7 Å². The Hall–Kier alpha value is -3.87. The number of nitrogens with zero attached hydrogens (tertiary/aromatic N) is 3. The Morgan fingerprint density at radius 3 is 2.40 bits per heavy atom. The van der Waals surface area contributed by atoms with Gasteiger partial charge in [-0.3, -0.25) is 18.8 Å². The number of nitriles is 1. The highest BCUT2D eigenvalue weighted by atomic mass is 35.5. The maximum Gasteiger partial charge on any atom is 0.328 e. The molecular formula is C34H35Cl2N5O7S2. The van der Waals surface area contributed by atoms with Gasteiger partial charge in [0.25, 0.3) is 5.91 Å². The average Bonchev–Trinajstić information content (AvgIpc) is 3.81. The lowest BCUT2D eigenvalue weighted by molar-refractivity contribution is -0.147. The maximum absolute atomic E-state index is 14.0. The third-order valence-electron chi connectivity index (χ3n) is 8.67. The van der Waals surface area contributed by atoms with E-state index in [1.165, 1.54) is 36.7 Å². The molecule has 2 amide bonds. The van der Waals surface area contributed by atoms with Crippen LogP contribution in [0.2, 0.25) is 10.0 Å². The summed E-state index contributed by atoms with van der Waals surface area (Å²) in [7, 11) is -5.69. The predicted octanol–water partition coefficient (Wildman–Crippen LogP) is 4.63. The molecule has 1 aromatic heterocycles. The Kier molecular flexibility index (Phi) is 12.3. The number of amides is 2. The number of sulfonamides is 1. The van der Waals surface area contributed by atoms with E-state index in [9.17, 15) is 32.3 Å². The molecule has 1 aliphatic carbocycles. The minimum Gasteiger partial charge on any atom is -0.464 e. The van der Waals surface area contributed by atoms with Crippen LogP contribution in [0.15, 0.2) is 65.8 Å². The highest BCUT2D eigenvalue weighted by Crippen LogP contribution is 2.34. The number of hydrogen-bond donors (Lipinski definition) is 2. The van der Waals surface area contributed by atoms with E-state index in [0.29, 0.717) is 11.3 Å². The van der Waals surface area contributed by atoms with Crippen LogP contribution in [0.1, 0.15) is 60.5 Å². The molecular weight excluding hydrogens is 725 g/mol. The van der Waals surface area contributed by atoms with Gasteiger partial charge in [-0.2, -0.15) is 9.57 Å². The standard InChI is InChI=1S/C34H35Cl2N5O7S2/c1-2-48-34(44)29(15-21-10-12-23(13-11-21)39-33(43)31-27(35)18-38-19-28(31)36)40-32(42)30-16-25(49(45)24-7-3-4-8-24)20-41(30)50(46,47)26-9-5-6-22(14-26)17-37/h5-6,9-14,18-19,24-25,29-30H,2-4,7-8,15-16,20H2,1H3,(H,39,43)(H,40,42)/t25-,29-,30-,49?/m0/s1. The number of ether oxygens (including phenoxy) is 1. The van der Waals surface area contributed by atoms with E-state index in [2.05, 4.69) is 15.6 Å². The molecule has 2 N–H and O–H groups in total. The Morgan fingerprint density at radius 2 is 1.76 bits per heavy atom. The summed E-state index contributed by atoms with van der Waals surface area (Å²) in [6.45, 7) is 1.52. The second-order valence-electron chi connectivity index (χ2n) is 12.0. The number of anilines is 1. The van der Waals surface area contributed by atoms with Gasteiger partial charge in [0.05, 0.1) is 44.0 Å². The molecule has 1 saturated carbocycles. The molecule has 50 heavy (non-hydrogen) atoms. The van der Waals surface area contributed by atoms with E-state index < -0.39 is 55.9 Å². The van der Waals surface area contributed by atoms with Crippen LogP contribution >= 0.6 is 23.2 Å². The fourth-order valence-corrected chi connectivity index (χ4v) is 10.5. The Bertz CT molecular complexity index is 1910. The summed E-state index contributed by atoms with van der Waals surface area (Å²) in [5.74, 6) is -2.00. The van der Waals surface area contributed by atoms with E-state index in [1.807, 2.05) is 6.07 Å². The van der Waals surface area contributed by atoms with Crippen LogP contribution in [0.5, 0.6) is 0 Å². The van der Waals surface area contributed by atoms with Gasteiger partial charge in [-0.15, -0.1) is 0 Å². The number of aromatic nitrogens is 1. The van der Waals surface area contributed by atoms with Crippen molar-refractivity contribution in [3.63, 3.8) is 0 Å². The first-order valence-electron chi connectivity index (χ1n) is 16.0. The van der Waals surface area contributed by atoms with Crippen molar-refractivity contribution in [2.75, 3.05) is 18.5 Å². The fraction of sp³-hybridized carbons (Fsp3) is 0.382. The normalized spacial score (nSPS) is 19.3. The van der Waals surface area contributed by atoms with Crippen molar-refractivity contribution in [2.24, 2.45) is 0 Å². The van der Waals surface area contributed by atoms with Crippen molar-refractivity contribution in [3.8, 4) is 6.07 Å². The van der Waals surface area contributed by atoms with Crippen LogP contribution < -0.4 is 10.6 Å². The van der Waals surface area contributed by atoms with Gasteiger partial charge in [0.15, 0.2) is 0 Å². The molecule has 264 valence electrons. The Balaban J connectivity index is 1.36. The zero-order valence-electron chi connectivity index (χ0n) is 27.0. The minimum atomic E-state index is -4.30. The summed E-state index contributed by atoms with van der Waals surface area (Å²) in [5, 5.41) is 14.3. The monoisotopic (exact) mass is 759 g/mol. The Labute approximate surface area is 303 Å². The van der Waals surface area contributed by atoms with Gasteiger partial charge in [0, 0.05) is 47.1 Å². The van der Waals surface area contributed by atoms with Crippen LogP contribution in [0.4, 0.5) is 5.69 Å². The smallest absolute Gasteiger partial charge is 0.328 e. The number of esters is 1. The van der Waals surface area contributed by atoms with Gasteiger partial charge in [-0.1, -0.05) is 54.2 Å². The van der Waals surface area contributed by atoms with Crippen molar-refractivity contribution >= 4 is 67.5 Å². The molecule has 0 radical (unpaired) electrons.